The molecule has 0 N–H and O–H groups in total. The molecule has 6 rings (SSSR count). The van der Waals surface area contributed by atoms with Crippen LogP contribution in [0.15, 0.2) is 105 Å². The van der Waals surface area contributed by atoms with E-state index < -0.39 is 34.0 Å². The highest BCUT2D eigenvalue weighted by atomic mass is 35.5. The number of carbonyl (C=O) groups is 1. The zero-order chi connectivity index (χ0) is 31.0. The quantitative estimate of drug-likeness (QED) is 0.126. The summed E-state index contributed by atoms with van der Waals surface area (Å²) in [4.78, 5) is 43.0. The predicted octanol–water partition coefficient (Wildman–Crippen LogP) is 5.90. The summed E-state index contributed by atoms with van der Waals surface area (Å²) in [6.45, 7) is 1.83. The first kappa shape index (κ1) is 29.0. The Morgan fingerprint density at radius 3 is 2.57 bits per heavy atom. The molecule has 0 radical (unpaired) electrons. The van der Waals surface area contributed by atoms with Crippen molar-refractivity contribution in [2.45, 2.75) is 13.0 Å². The normalized spacial score (nSPS) is 14.7. The van der Waals surface area contributed by atoms with E-state index >= 15 is 0 Å². The van der Waals surface area contributed by atoms with Gasteiger partial charge in [-0.15, -0.1) is 0 Å². The molecule has 9 nitrogen and oxygen atoms in total. The number of rotatable bonds is 7. The van der Waals surface area contributed by atoms with Gasteiger partial charge in [0.2, 0.25) is 5.82 Å². The van der Waals surface area contributed by atoms with Crippen LogP contribution in [0, 0.1) is 15.9 Å². The third-order valence-electron chi connectivity index (χ3n) is 6.89. The van der Waals surface area contributed by atoms with E-state index in [4.69, 9.17) is 25.7 Å². The number of thiazole rings is 1. The van der Waals surface area contributed by atoms with E-state index in [0.717, 1.165) is 23.5 Å². The van der Waals surface area contributed by atoms with Gasteiger partial charge < -0.3 is 9.15 Å². The first-order chi connectivity index (χ1) is 21.2. The van der Waals surface area contributed by atoms with Gasteiger partial charge in [-0.2, -0.15) is 4.39 Å². The van der Waals surface area contributed by atoms with Gasteiger partial charge in [0, 0.05) is 28.3 Å². The van der Waals surface area contributed by atoms with Gasteiger partial charge >= 0.3 is 11.7 Å². The molecule has 0 spiro atoms. The summed E-state index contributed by atoms with van der Waals surface area (Å²) in [5, 5.41) is 11.7. The van der Waals surface area contributed by atoms with Crippen LogP contribution in [-0.2, 0) is 9.53 Å². The lowest BCUT2D eigenvalue weighted by Crippen LogP contribution is -2.39. The number of halogens is 2. The van der Waals surface area contributed by atoms with E-state index in [2.05, 4.69) is 0 Å². The highest BCUT2D eigenvalue weighted by Gasteiger charge is 2.35. The highest BCUT2D eigenvalue weighted by Crippen LogP contribution is 2.35. The van der Waals surface area contributed by atoms with E-state index in [1.54, 1.807) is 43.3 Å². The summed E-state index contributed by atoms with van der Waals surface area (Å²) in [5.74, 6) is -1.03. The topological polar surface area (TPSA) is 117 Å². The average molecular weight is 630 g/mol. The Bertz CT molecular complexity index is 2130. The highest BCUT2D eigenvalue weighted by molar-refractivity contribution is 7.07. The number of furan rings is 1. The molecule has 1 atom stereocenters. The van der Waals surface area contributed by atoms with E-state index in [9.17, 15) is 24.1 Å². The number of ether oxygens (including phenoxy) is 1. The number of nitro groups is 1. The van der Waals surface area contributed by atoms with Crippen LogP contribution in [0.4, 0.5) is 10.1 Å². The molecule has 2 aromatic heterocycles. The Morgan fingerprint density at radius 2 is 1.86 bits per heavy atom. The number of carbonyl (C=O) groups excluding carboxylic acids is 1. The number of nitro benzene ring substituents is 1. The van der Waals surface area contributed by atoms with E-state index in [0.29, 0.717) is 32.2 Å². The molecule has 1 aliphatic rings. The Kier molecular flexibility index (Phi) is 7.81. The number of benzene rings is 3. The van der Waals surface area contributed by atoms with Gasteiger partial charge in [0.15, 0.2) is 4.80 Å². The molecule has 0 saturated carbocycles. The fourth-order valence-corrected chi connectivity index (χ4v) is 6.03. The third kappa shape index (κ3) is 5.38. The van der Waals surface area contributed by atoms with Crippen molar-refractivity contribution >= 4 is 46.4 Å². The summed E-state index contributed by atoms with van der Waals surface area (Å²) in [6.07, 6.45) is 1.53. The molecule has 3 aromatic carbocycles. The molecule has 1 aliphatic heterocycles. The van der Waals surface area contributed by atoms with E-state index in [-0.39, 0.29) is 28.2 Å². The molecule has 3 heterocycles. The van der Waals surface area contributed by atoms with Crippen molar-refractivity contribution < 1.29 is 23.3 Å². The van der Waals surface area contributed by atoms with Crippen LogP contribution in [-0.4, -0.2) is 22.1 Å². The summed E-state index contributed by atoms with van der Waals surface area (Å²) < 4.78 is 26.9. The minimum absolute atomic E-state index is 0.125. The standard InChI is InChI=1S/C32H21ClFN3O6S/c1-2-42-31(39)27-28(18-6-4-3-5-7-18)35-32-36(29(27)19-8-11-21(33)12-9-19)30(38)26(44-32)17-22-13-15-25(43-22)20-10-14-23(34)24(16-20)37(40)41/h3-17,29H,2H2,1H3/b26-17-/t29-/m0/s1. The SMILES string of the molecule is CCOC(=O)C1=C(c2ccccc2)N=c2s/c(=C\c3ccc(-c4ccc(F)c([N+](=O)[O-])c4)o3)c(=O)n2[C@H]1c1ccc(Cl)cc1. The molecule has 0 aliphatic carbocycles. The van der Waals surface area contributed by atoms with Crippen LogP contribution in [0.1, 0.15) is 29.9 Å². The molecule has 0 amide bonds. The second-order valence-electron chi connectivity index (χ2n) is 9.61. The number of esters is 1. The summed E-state index contributed by atoms with van der Waals surface area (Å²) in [7, 11) is 0. The maximum atomic E-state index is 14.0. The van der Waals surface area contributed by atoms with Crippen LogP contribution in [0.2, 0.25) is 5.02 Å². The van der Waals surface area contributed by atoms with Gasteiger partial charge in [0.25, 0.3) is 5.56 Å². The lowest BCUT2D eigenvalue weighted by Gasteiger charge is -2.25. The number of fused-ring (bicyclic) bond motifs is 1. The van der Waals surface area contributed by atoms with Crippen molar-refractivity contribution in [3.05, 3.63) is 148 Å². The average Bonchev–Trinajstić information content (AvgIpc) is 3.61. The largest absolute Gasteiger partial charge is 0.463 e. The molecular formula is C32H21ClFN3O6S. The lowest BCUT2D eigenvalue weighted by atomic mass is 9.93. The van der Waals surface area contributed by atoms with Crippen LogP contribution >= 0.6 is 22.9 Å². The molecule has 0 unspecified atom stereocenters. The van der Waals surface area contributed by atoms with Crippen molar-refractivity contribution in [1.82, 2.24) is 4.57 Å². The van der Waals surface area contributed by atoms with Crippen LogP contribution in [0.5, 0.6) is 0 Å². The first-order valence-electron chi connectivity index (χ1n) is 13.3. The van der Waals surface area contributed by atoms with Crippen molar-refractivity contribution in [2.24, 2.45) is 4.99 Å². The Morgan fingerprint density at radius 1 is 1.11 bits per heavy atom. The molecular weight excluding hydrogens is 609 g/mol. The fourth-order valence-electron chi connectivity index (χ4n) is 4.92. The van der Waals surface area contributed by atoms with Crippen molar-refractivity contribution in [2.75, 3.05) is 6.61 Å². The third-order valence-corrected chi connectivity index (χ3v) is 8.12. The minimum Gasteiger partial charge on any atom is -0.463 e. The minimum atomic E-state index is -0.959. The molecule has 44 heavy (non-hydrogen) atoms. The zero-order valence-electron chi connectivity index (χ0n) is 22.9. The van der Waals surface area contributed by atoms with Crippen LogP contribution in [0.3, 0.4) is 0 Å². The summed E-state index contributed by atoms with van der Waals surface area (Å²) in [5.41, 5.74) is 1.10. The maximum Gasteiger partial charge on any atom is 0.338 e. The Labute approximate surface area is 257 Å². The van der Waals surface area contributed by atoms with Crippen LogP contribution < -0.4 is 14.9 Å². The fraction of sp³-hybridized carbons (Fsp3) is 0.0938. The molecule has 12 heteroatoms. The number of hydrogen-bond donors (Lipinski definition) is 0. The second-order valence-corrected chi connectivity index (χ2v) is 11.1. The molecule has 0 bridgehead atoms. The Balaban J connectivity index is 1.53. The van der Waals surface area contributed by atoms with Gasteiger partial charge in [0.05, 0.1) is 33.4 Å². The number of hydrogen-bond acceptors (Lipinski definition) is 8. The van der Waals surface area contributed by atoms with Gasteiger partial charge in [-0.3, -0.25) is 19.5 Å². The number of aromatic nitrogens is 1. The number of nitrogens with zero attached hydrogens (tertiary/aromatic N) is 3. The van der Waals surface area contributed by atoms with E-state index in [1.807, 2.05) is 30.3 Å². The monoisotopic (exact) mass is 629 g/mol. The lowest BCUT2D eigenvalue weighted by molar-refractivity contribution is -0.387. The summed E-state index contributed by atoms with van der Waals surface area (Å²) in [6, 6.07) is 21.8. The zero-order valence-corrected chi connectivity index (χ0v) is 24.5. The molecule has 5 aromatic rings. The maximum absolute atomic E-state index is 14.0. The van der Waals surface area contributed by atoms with Crippen molar-refractivity contribution in [3.8, 4) is 11.3 Å². The van der Waals surface area contributed by atoms with Gasteiger partial charge in [-0.1, -0.05) is 65.4 Å². The molecule has 0 fully saturated rings. The van der Waals surface area contributed by atoms with Gasteiger partial charge in [-0.25, -0.2) is 9.79 Å². The Hall–Kier alpha value is -5.13. The molecule has 0 saturated heterocycles. The van der Waals surface area contributed by atoms with E-state index in [1.165, 1.54) is 16.7 Å². The summed E-state index contributed by atoms with van der Waals surface area (Å²) >= 11 is 7.29. The van der Waals surface area contributed by atoms with Crippen molar-refractivity contribution in [1.29, 1.82) is 0 Å². The van der Waals surface area contributed by atoms with Gasteiger partial charge in [0.1, 0.15) is 11.5 Å². The predicted molar refractivity (Wildman–Crippen MR) is 163 cm³/mol. The van der Waals surface area contributed by atoms with Crippen LogP contribution in [0.25, 0.3) is 23.1 Å². The smallest absolute Gasteiger partial charge is 0.338 e. The second kappa shape index (κ2) is 11.9. The van der Waals surface area contributed by atoms with Crippen molar-refractivity contribution in [3.63, 3.8) is 0 Å². The van der Waals surface area contributed by atoms with Gasteiger partial charge in [-0.05, 0) is 48.9 Å². The first-order valence-corrected chi connectivity index (χ1v) is 14.5. The molecule has 220 valence electrons.